The Morgan fingerprint density at radius 1 is 1.22 bits per heavy atom. The third-order valence-corrected chi connectivity index (χ3v) is 5.46. The van der Waals surface area contributed by atoms with Crippen molar-refractivity contribution in [3.63, 3.8) is 0 Å². The summed E-state index contributed by atoms with van der Waals surface area (Å²) in [4.78, 5) is 8.12. The van der Waals surface area contributed by atoms with Gasteiger partial charge in [-0.05, 0) is 46.9 Å². The first-order chi connectivity index (χ1) is 11.3. The zero-order valence-corrected chi connectivity index (χ0v) is 15.7. The molecule has 6 heteroatoms. The minimum Gasteiger partial charge on any atom is -0.354 e. The van der Waals surface area contributed by atoms with Gasteiger partial charge in [0.15, 0.2) is 5.96 Å². The minimum atomic E-state index is 0.372. The van der Waals surface area contributed by atoms with Crippen molar-refractivity contribution in [1.82, 2.24) is 15.5 Å². The van der Waals surface area contributed by atoms with Crippen molar-refractivity contribution in [2.75, 3.05) is 26.7 Å². The number of rotatable bonds is 8. The molecule has 0 bridgehead atoms. The molecule has 0 saturated heterocycles. The molecule has 0 fully saturated rings. The summed E-state index contributed by atoms with van der Waals surface area (Å²) >= 11 is 3.51. The minimum absolute atomic E-state index is 0.372. The molecule has 1 atom stereocenters. The fourth-order valence-electron chi connectivity index (χ4n) is 2.58. The monoisotopic (exact) mass is 350 g/mol. The summed E-state index contributed by atoms with van der Waals surface area (Å²) in [6, 6.07) is 6.80. The first kappa shape index (κ1) is 18.0. The average Bonchev–Trinajstić information content (AvgIpc) is 3.27. The predicted molar refractivity (Wildman–Crippen MR) is 103 cm³/mol. The lowest BCUT2D eigenvalue weighted by Crippen LogP contribution is -2.42. The maximum Gasteiger partial charge on any atom is 0.191 e. The number of nitrogens with zero attached hydrogens (tertiary/aromatic N) is 2. The van der Waals surface area contributed by atoms with Crippen LogP contribution in [0.1, 0.15) is 30.3 Å². The first-order valence-corrected chi connectivity index (χ1v) is 9.83. The Labute approximate surface area is 147 Å². The van der Waals surface area contributed by atoms with Gasteiger partial charge in [-0.15, -0.1) is 11.3 Å². The Morgan fingerprint density at radius 2 is 2.04 bits per heavy atom. The molecular weight excluding hydrogens is 324 g/mol. The van der Waals surface area contributed by atoms with Crippen molar-refractivity contribution < 1.29 is 0 Å². The van der Waals surface area contributed by atoms with Crippen LogP contribution in [-0.4, -0.2) is 37.5 Å². The predicted octanol–water partition coefficient (Wildman–Crippen LogP) is 3.56. The normalized spacial score (nSPS) is 13.3. The SMILES string of the molecule is CCN(CC)C(CNC(=NC)NCc1cccs1)c1ccsc1. The summed E-state index contributed by atoms with van der Waals surface area (Å²) < 4.78 is 0. The molecule has 2 N–H and O–H groups in total. The molecule has 126 valence electrons. The van der Waals surface area contributed by atoms with Crippen LogP contribution in [0, 0.1) is 0 Å². The van der Waals surface area contributed by atoms with Crippen molar-refractivity contribution >= 4 is 28.6 Å². The molecule has 4 nitrogen and oxygen atoms in total. The molecular formula is C17H26N4S2. The zero-order chi connectivity index (χ0) is 16.5. The van der Waals surface area contributed by atoms with E-state index in [1.54, 1.807) is 22.7 Å². The van der Waals surface area contributed by atoms with E-state index in [1.807, 2.05) is 7.05 Å². The van der Waals surface area contributed by atoms with Crippen LogP contribution < -0.4 is 10.6 Å². The highest BCUT2D eigenvalue weighted by Crippen LogP contribution is 2.22. The number of aliphatic imine (C=N–C) groups is 1. The van der Waals surface area contributed by atoms with E-state index in [4.69, 9.17) is 0 Å². The zero-order valence-electron chi connectivity index (χ0n) is 14.1. The van der Waals surface area contributed by atoms with E-state index in [1.165, 1.54) is 10.4 Å². The molecule has 0 saturated carbocycles. The highest BCUT2D eigenvalue weighted by atomic mass is 32.1. The van der Waals surface area contributed by atoms with Crippen LogP contribution >= 0.6 is 22.7 Å². The molecule has 0 aliphatic carbocycles. The van der Waals surface area contributed by atoms with E-state index in [-0.39, 0.29) is 0 Å². The van der Waals surface area contributed by atoms with Crippen LogP contribution in [0.25, 0.3) is 0 Å². The average molecular weight is 351 g/mol. The van der Waals surface area contributed by atoms with E-state index in [9.17, 15) is 0 Å². The van der Waals surface area contributed by atoms with Crippen LogP contribution in [0.3, 0.4) is 0 Å². The lowest BCUT2D eigenvalue weighted by molar-refractivity contribution is 0.219. The van der Waals surface area contributed by atoms with E-state index < -0.39 is 0 Å². The van der Waals surface area contributed by atoms with Crippen molar-refractivity contribution in [3.05, 3.63) is 44.8 Å². The Morgan fingerprint density at radius 3 is 2.61 bits per heavy atom. The van der Waals surface area contributed by atoms with Crippen LogP contribution in [-0.2, 0) is 6.54 Å². The maximum atomic E-state index is 4.33. The van der Waals surface area contributed by atoms with E-state index in [0.29, 0.717) is 6.04 Å². The molecule has 0 amide bonds. The molecule has 0 aliphatic rings. The standard InChI is InChI=1S/C17H26N4S2/c1-4-21(5-2)16(14-8-10-22-13-14)12-20-17(18-3)19-11-15-7-6-9-23-15/h6-10,13,16H,4-5,11-12H2,1-3H3,(H2,18,19,20). The van der Waals surface area contributed by atoms with Gasteiger partial charge in [-0.25, -0.2) is 0 Å². The van der Waals surface area contributed by atoms with Crippen molar-refractivity contribution in [2.45, 2.75) is 26.4 Å². The van der Waals surface area contributed by atoms with E-state index in [0.717, 1.165) is 32.1 Å². The summed E-state index contributed by atoms with van der Waals surface area (Å²) in [7, 11) is 1.82. The third kappa shape index (κ3) is 5.34. The first-order valence-electron chi connectivity index (χ1n) is 8.01. The largest absolute Gasteiger partial charge is 0.354 e. The van der Waals surface area contributed by atoms with Gasteiger partial charge in [-0.3, -0.25) is 9.89 Å². The molecule has 0 radical (unpaired) electrons. The van der Waals surface area contributed by atoms with Gasteiger partial charge >= 0.3 is 0 Å². The molecule has 2 rings (SSSR count). The molecule has 0 spiro atoms. The Balaban J connectivity index is 1.93. The number of nitrogens with one attached hydrogen (secondary N) is 2. The van der Waals surface area contributed by atoms with Gasteiger partial charge in [0.1, 0.15) is 0 Å². The van der Waals surface area contributed by atoms with Gasteiger partial charge < -0.3 is 10.6 Å². The summed E-state index contributed by atoms with van der Waals surface area (Å²) in [5.41, 5.74) is 1.37. The number of guanidine groups is 1. The molecule has 23 heavy (non-hydrogen) atoms. The summed E-state index contributed by atoms with van der Waals surface area (Å²) in [5, 5.41) is 13.3. The molecule has 2 aromatic heterocycles. The van der Waals surface area contributed by atoms with Crippen molar-refractivity contribution in [2.24, 2.45) is 4.99 Å². The fraction of sp³-hybridized carbons (Fsp3) is 0.471. The van der Waals surface area contributed by atoms with Crippen LogP contribution in [0.4, 0.5) is 0 Å². The summed E-state index contributed by atoms with van der Waals surface area (Å²) in [5.74, 6) is 0.853. The second kappa shape index (κ2) is 9.70. The molecule has 0 aliphatic heterocycles. The number of hydrogen-bond acceptors (Lipinski definition) is 4. The number of likely N-dealkylation sites (N-methyl/N-ethyl adjacent to an activating group) is 1. The molecule has 2 aromatic rings. The third-order valence-electron chi connectivity index (χ3n) is 3.88. The van der Waals surface area contributed by atoms with Gasteiger partial charge in [0.05, 0.1) is 12.6 Å². The highest BCUT2D eigenvalue weighted by molar-refractivity contribution is 7.09. The summed E-state index contributed by atoms with van der Waals surface area (Å²) in [6.07, 6.45) is 0. The van der Waals surface area contributed by atoms with Gasteiger partial charge in [0.25, 0.3) is 0 Å². The summed E-state index contributed by atoms with van der Waals surface area (Å²) in [6.45, 7) is 8.17. The number of thiophene rings is 2. The van der Waals surface area contributed by atoms with Gasteiger partial charge in [0, 0.05) is 18.5 Å². The Hall–Kier alpha value is -1.37. The van der Waals surface area contributed by atoms with Gasteiger partial charge in [-0.1, -0.05) is 19.9 Å². The van der Waals surface area contributed by atoms with E-state index in [2.05, 4.69) is 68.7 Å². The lowest BCUT2D eigenvalue weighted by atomic mass is 10.1. The topological polar surface area (TPSA) is 39.7 Å². The lowest BCUT2D eigenvalue weighted by Gasteiger charge is -2.30. The van der Waals surface area contributed by atoms with Crippen LogP contribution in [0.15, 0.2) is 39.3 Å². The Kier molecular flexibility index (Phi) is 7.58. The van der Waals surface area contributed by atoms with Gasteiger partial charge in [-0.2, -0.15) is 11.3 Å². The molecule has 1 unspecified atom stereocenters. The van der Waals surface area contributed by atoms with Crippen molar-refractivity contribution in [1.29, 1.82) is 0 Å². The molecule has 2 heterocycles. The fourth-order valence-corrected chi connectivity index (χ4v) is 3.94. The van der Waals surface area contributed by atoms with Crippen LogP contribution in [0.5, 0.6) is 0 Å². The quantitative estimate of drug-likeness (QED) is 0.565. The smallest absolute Gasteiger partial charge is 0.191 e. The maximum absolute atomic E-state index is 4.33. The van der Waals surface area contributed by atoms with Crippen molar-refractivity contribution in [3.8, 4) is 0 Å². The Bertz CT molecular complexity index is 559. The second-order valence-corrected chi connectivity index (χ2v) is 6.99. The highest BCUT2D eigenvalue weighted by Gasteiger charge is 2.18. The number of hydrogen-bond donors (Lipinski definition) is 2. The molecule has 0 aromatic carbocycles. The van der Waals surface area contributed by atoms with E-state index >= 15 is 0 Å². The van der Waals surface area contributed by atoms with Crippen LogP contribution in [0.2, 0.25) is 0 Å². The van der Waals surface area contributed by atoms with Gasteiger partial charge in [0.2, 0.25) is 0 Å². The second-order valence-electron chi connectivity index (χ2n) is 5.18.